The average molecular weight is 759 g/mol. The molecule has 0 aromatic carbocycles. The molecule has 0 heterocycles. The van der Waals surface area contributed by atoms with Crippen LogP contribution in [0.2, 0.25) is 0 Å². The standard InChI is InChI=1S/C46H78O8/c1-9-11-13-15-17-25-41(27-29-43(47)51-35-33-39(7)23-19-21-37(3)4)53-45(49)31-32-46(50)54-42(26-18-16-14-12-10-2)28-30-44(48)52-36-34-40(8)24-20-22-38(5)6/h21-22,33-34,41-42H,9-20,23-32,35-36H2,1-8H3. The van der Waals surface area contributed by atoms with E-state index in [9.17, 15) is 19.2 Å². The lowest BCUT2D eigenvalue weighted by atomic mass is 10.0. The maximum atomic E-state index is 12.9. The Kier molecular flexibility index (Phi) is 32.3. The van der Waals surface area contributed by atoms with Crippen molar-refractivity contribution in [3.8, 4) is 0 Å². The number of allylic oxidation sites excluding steroid dienone is 6. The van der Waals surface area contributed by atoms with E-state index in [0.29, 0.717) is 25.7 Å². The summed E-state index contributed by atoms with van der Waals surface area (Å²) >= 11 is 0. The van der Waals surface area contributed by atoms with E-state index in [-0.39, 0.29) is 50.8 Å². The lowest BCUT2D eigenvalue weighted by Gasteiger charge is -2.19. The monoisotopic (exact) mass is 759 g/mol. The van der Waals surface area contributed by atoms with Gasteiger partial charge in [-0.1, -0.05) is 99.7 Å². The summed E-state index contributed by atoms with van der Waals surface area (Å²) in [5, 5.41) is 0. The second kappa shape index (κ2) is 34.3. The minimum atomic E-state index is -0.474. The summed E-state index contributed by atoms with van der Waals surface area (Å²) < 4.78 is 22.5. The van der Waals surface area contributed by atoms with E-state index in [2.05, 4.69) is 53.7 Å². The molecule has 0 fully saturated rings. The molecule has 0 amide bonds. The number of carbonyl (C=O) groups excluding carboxylic acids is 4. The Morgan fingerprint density at radius 3 is 1.15 bits per heavy atom. The van der Waals surface area contributed by atoms with Gasteiger partial charge in [0.15, 0.2) is 0 Å². The van der Waals surface area contributed by atoms with Crippen molar-refractivity contribution in [3.05, 3.63) is 46.6 Å². The van der Waals surface area contributed by atoms with Gasteiger partial charge < -0.3 is 18.9 Å². The molecule has 0 aromatic heterocycles. The van der Waals surface area contributed by atoms with E-state index in [0.717, 1.165) is 89.9 Å². The highest BCUT2D eigenvalue weighted by Gasteiger charge is 2.21. The summed E-state index contributed by atoms with van der Waals surface area (Å²) in [4.78, 5) is 50.8. The summed E-state index contributed by atoms with van der Waals surface area (Å²) in [5.41, 5.74) is 4.94. The van der Waals surface area contributed by atoms with Crippen LogP contribution in [0.3, 0.4) is 0 Å². The summed E-state index contributed by atoms with van der Waals surface area (Å²) in [5.74, 6) is -1.58. The van der Waals surface area contributed by atoms with E-state index in [1.54, 1.807) is 0 Å². The molecule has 0 aliphatic carbocycles. The van der Waals surface area contributed by atoms with E-state index < -0.39 is 24.1 Å². The van der Waals surface area contributed by atoms with Crippen molar-refractivity contribution in [2.75, 3.05) is 13.2 Å². The van der Waals surface area contributed by atoms with Crippen molar-refractivity contribution in [1.82, 2.24) is 0 Å². The molecule has 0 spiro atoms. The smallest absolute Gasteiger partial charge is 0.306 e. The van der Waals surface area contributed by atoms with Crippen LogP contribution in [-0.4, -0.2) is 49.3 Å². The highest BCUT2D eigenvalue weighted by Crippen LogP contribution is 2.18. The molecular formula is C46H78O8. The second-order valence-corrected chi connectivity index (χ2v) is 15.3. The van der Waals surface area contributed by atoms with Gasteiger partial charge in [0.2, 0.25) is 0 Å². The molecule has 0 saturated carbocycles. The van der Waals surface area contributed by atoms with E-state index in [4.69, 9.17) is 18.9 Å². The van der Waals surface area contributed by atoms with Crippen LogP contribution in [0, 0.1) is 0 Å². The molecule has 2 unspecified atom stereocenters. The largest absolute Gasteiger partial charge is 0.462 e. The quantitative estimate of drug-likeness (QED) is 0.0282. The van der Waals surface area contributed by atoms with Crippen LogP contribution < -0.4 is 0 Å². The summed E-state index contributed by atoms with van der Waals surface area (Å²) in [6.45, 7) is 17.2. The molecule has 0 radical (unpaired) electrons. The molecule has 310 valence electrons. The molecule has 0 N–H and O–H groups in total. The summed E-state index contributed by atoms with van der Waals surface area (Å²) in [7, 11) is 0. The van der Waals surface area contributed by atoms with Gasteiger partial charge in [-0.3, -0.25) is 19.2 Å². The van der Waals surface area contributed by atoms with Gasteiger partial charge >= 0.3 is 23.9 Å². The lowest BCUT2D eigenvalue weighted by Crippen LogP contribution is -2.23. The van der Waals surface area contributed by atoms with Crippen LogP contribution in [0.1, 0.15) is 197 Å². The molecule has 54 heavy (non-hydrogen) atoms. The first-order chi connectivity index (χ1) is 25.9. The Balaban J connectivity index is 5.01. The number of carbonyl (C=O) groups is 4. The van der Waals surface area contributed by atoms with Gasteiger partial charge in [0, 0.05) is 12.8 Å². The van der Waals surface area contributed by atoms with Crippen LogP contribution in [0.4, 0.5) is 0 Å². The van der Waals surface area contributed by atoms with Gasteiger partial charge in [-0.05, 0) is 118 Å². The molecule has 0 aromatic rings. The van der Waals surface area contributed by atoms with Crippen molar-refractivity contribution in [2.45, 2.75) is 209 Å². The Labute approximate surface area is 330 Å². The third kappa shape index (κ3) is 33.4. The number of unbranched alkanes of at least 4 members (excludes halogenated alkanes) is 8. The average Bonchev–Trinajstić information content (AvgIpc) is 3.11. The van der Waals surface area contributed by atoms with Crippen molar-refractivity contribution < 1.29 is 38.1 Å². The fraction of sp³-hybridized carbons (Fsp3) is 0.739. The first kappa shape index (κ1) is 50.8. The summed E-state index contributed by atoms with van der Waals surface area (Å²) in [6, 6.07) is 0. The molecular weight excluding hydrogens is 680 g/mol. The number of ether oxygens (including phenoxy) is 4. The highest BCUT2D eigenvalue weighted by atomic mass is 16.6. The molecule has 0 saturated heterocycles. The summed E-state index contributed by atoms with van der Waals surface area (Å²) in [6.07, 6.45) is 24.2. The zero-order valence-corrected chi connectivity index (χ0v) is 35.7. The van der Waals surface area contributed by atoms with E-state index in [1.807, 2.05) is 26.0 Å². The predicted octanol–water partition coefficient (Wildman–Crippen LogP) is 12.3. The Bertz CT molecular complexity index is 1060. The van der Waals surface area contributed by atoms with Crippen LogP contribution in [-0.2, 0) is 38.1 Å². The van der Waals surface area contributed by atoms with Crippen LogP contribution in [0.5, 0.6) is 0 Å². The van der Waals surface area contributed by atoms with Gasteiger partial charge in [-0.2, -0.15) is 0 Å². The van der Waals surface area contributed by atoms with Gasteiger partial charge in [-0.25, -0.2) is 0 Å². The fourth-order valence-electron chi connectivity index (χ4n) is 5.81. The molecule has 0 rings (SSSR count). The van der Waals surface area contributed by atoms with Gasteiger partial charge in [0.25, 0.3) is 0 Å². The second-order valence-electron chi connectivity index (χ2n) is 15.3. The first-order valence-corrected chi connectivity index (χ1v) is 21.1. The number of hydrogen-bond donors (Lipinski definition) is 0. The normalized spacial score (nSPS) is 12.7. The Hall–Kier alpha value is -3.16. The Morgan fingerprint density at radius 1 is 0.426 bits per heavy atom. The van der Waals surface area contributed by atoms with Crippen LogP contribution >= 0.6 is 0 Å². The van der Waals surface area contributed by atoms with Crippen molar-refractivity contribution in [2.24, 2.45) is 0 Å². The predicted molar refractivity (Wildman–Crippen MR) is 221 cm³/mol. The van der Waals surface area contributed by atoms with Crippen molar-refractivity contribution in [1.29, 1.82) is 0 Å². The lowest BCUT2D eigenvalue weighted by molar-refractivity contribution is -0.158. The van der Waals surface area contributed by atoms with E-state index in [1.165, 1.54) is 22.3 Å². The SMILES string of the molecule is CCCCCCCC(CCC(=O)OCC=C(C)CCC=C(C)C)OC(=O)CCC(=O)OC(CCCCCCC)CCC(=O)OCC=C(C)CCC=C(C)C. The van der Waals surface area contributed by atoms with E-state index >= 15 is 0 Å². The molecule has 8 nitrogen and oxygen atoms in total. The topological polar surface area (TPSA) is 105 Å². The number of esters is 4. The first-order valence-electron chi connectivity index (χ1n) is 21.1. The minimum Gasteiger partial charge on any atom is -0.462 e. The van der Waals surface area contributed by atoms with Crippen LogP contribution in [0.25, 0.3) is 0 Å². The zero-order chi connectivity index (χ0) is 40.4. The highest BCUT2D eigenvalue weighted by molar-refractivity contribution is 5.78. The maximum Gasteiger partial charge on any atom is 0.306 e. The molecule has 0 bridgehead atoms. The third-order valence-electron chi connectivity index (χ3n) is 9.26. The fourth-order valence-corrected chi connectivity index (χ4v) is 5.81. The van der Waals surface area contributed by atoms with Gasteiger partial charge in [-0.15, -0.1) is 0 Å². The van der Waals surface area contributed by atoms with Gasteiger partial charge in [0.05, 0.1) is 12.8 Å². The zero-order valence-electron chi connectivity index (χ0n) is 35.7. The van der Waals surface area contributed by atoms with Crippen LogP contribution in [0.15, 0.2) is 46.6 Å². The van der Waals surface area contributed by atoms with Crippen molar-refractivity contribution in [3.63, 3.8) is 0 Å². The third-order valence-corrected chi connectivity index (χ3v) is 9.26. The number of hydrogen-bond acceptors (Lipinski definition) is 8. The number of rotatable bonds is 33. The molecule has 2 atom stereocenters. The maximum absolute atomic E-state index is 12.9. The van der Waals surface area contributed by atoms with Crippen molar-refractivity contribution >= 4 is 23.9 Å². The Morgan fingerprint density at radius 2 is 0.796 bits per heavy atom. The molecule has 0 aliphatic rings. The minimum absolute atomic E-state index is 0.100. The molecule has 8 heteroatoms. The molecule has 0 aliphatic heterocycles. The van der Waals surface area contributed by atoms with Gasteiger partial charge in [0.1, 0.15) is 25.4 Å².